The van der Waals surface area contributed by atoms with E-state index in [1.165, 1.54) is 57.8 Å². The Morgan fingerprint density at radius 1 is 0.810 bits per heavy atom. The largest absolute Gasteiger partial charge is 0.480 e. The normalized spacial score (nSPS) is 13.1. The van der Waals surface area contributed by atoms with E-state index in [4.69, 9.17) is 0 Å². The van der Waals surface area contributed by atoms with E-state index in [9.17, 15) is 14.7 Å². The first-order chi connectivity index (χ1) is 20.6. The van der Waals surface area contributed by atoms with Crippen LogP contribution in [0.4, 0.5) is 0 Å². The molecular weight excluding hydrogens is 590 g/mol. The van der Waals surface area contributed by atoms with Crippen molar-refractivity contribution < 1.29 is 14.7 Å². The minimum absolute atomic E-state index is 0.0640. The summed E-state index contributed by atoms with van der Waals surface area (Å²) in [6, 6.07) is 13.5. The predicted octanol–water partition coefficient (Wildman–Crippen LogP) is 9.40. The zero-order valence-corrected chi connectivity index (χ0v) is 26.3. The molecule has 2 heterocycles. The molecule has 4 aromatic rings. The van der Waals surface area contributed by atoms with E-state index in [1.807, 2.05) is 42.7 Å². The number of rotatable bonds is 21. The summed E-state index contributed by atoms with van der Waals surface area (Å²) in [5.41, 5.74) is 4.23. The lowest BCUT2D eigenvalue weighted by atomic mass is 9.96. The maximum atomic E-state index is 12.5. The second kappa shape index (κ2) is 17.3. The molecule has 0 bridgehead atoms. The molecular formula is C35H46BrN3O3. The van der Waals surface area contributed by atoms with Gasteiger partial charge in [-0.25, -0.2) is 0 Å². The van der Waals surface area contributed by atoms with Gasteiger partial charge in [0.1, 0.15) is 12.3 Å². The molecule has 2 atom stereocenters. The van der Waals surface area contributed by atoms with Crippen molar-refractivity contribution in [3.05, 3.63) is 70.5 Å². The zero-order chi connectivity index (χ0) is 29.6. The quantitative estimate of drug-likeness (QED) is 0.0541. The molecule has 2 aromatic heterocycles. The molecule has 0 saturated carbocycles. The first kappa shape index (κ1) is 32.0. The average molecular weight is 637 g/mol. The van der Waals surface area contributed by atoms with E-state index in [1.54, 1.807) is 0 Å². The van der Waals surface area contributed by atoms with Crippen LogP contribution in [-0.2, 0) is 16.0 Å². The standard InChI is InChI=1S/C35H46BrN3O3/c36-27-19-20-32-29(23-27)30(25-38-32)33(18-12-10-8-6-4-2-1-3-5-7-9-11-15-21-40)39-34(35(41)42)22-26-24-37-31-17-14-13-16-28(26)31/h13-14,16-17,19-21,23-25,33-34,37-39H,1-12,15,18,22H2,(H,41,42). The highest BCUT2D eigenvalue weighted by Gasteiger charge is 2.25. The number of aromatic nitrogens is 2. The molecule has 2 aromatic carbocycles. The highest BCUT2D eigenvalue weighted by atomic mass is 79.9. The Balaban J connectivity index is 1.30. The molecule has 4 rings (SSSR count). The van der Waals surface area contributed by atoms with E-state index in [2.05, 4.69) is 43.3 Å². The summed E-state index contributed by atoms with van der Waals surface area (Å²) in [6.07, 6.45) is 21.7. The van der Waals surface area contributed by atoms with Crippen molar-refractivity contribution in [1.29, 1.82) is 0 Å². The molecule has 2 unspecified atom stereocenters. The molecule has 0 fully saturated rings. The lowest BCUT2D eigenvalue weighted by molar-refractivity contribution is -0.139. The van der Waals surface area contributed by atoms with E-state index < -0.39 is 12.0 Å². The number of carbonyl (C=O) groups is 2. The SMILES string of the molecule is O=CCCCCCCCCCCCCCCC(NC(Cc1c[nH]c2ccccc12)C(=O)O)c1c[nH]c2ccc(Br)cc12. The lowest BCUT2D eigenvalue weighted by Crippen LogP contribution is -2.40. The van der Waals surface area contributed by atoms with Gasteiger partial charge in [-0.15, -0.1) is 0 Å². The summed E-state index contributed by atoms with van der Waals surface area (Å²) in [6.45, 7) is 0. The van der Waals surface area contributed by atoms with Crippen LogP contribution in [0.1, 0.15) is 107 Å². The number of carbonyl (C=O) groups excluding carboxylic acids is 1. The van der Waals surface area contributed by atoms with Crippen LogP contribution >= 0.6 is 15.9 Å². The van der Waals surface area contributed by atoms with Gasteiger partial charge < -0.3 is 19.9 Å². The van der Waals surface area contributed by atoms with Gasteiger partial charge in [-0.3, -0.25) is 10.1 Å². The highest BCUT2D eigenvalue weighted by Crippen LogP contribution is 2.31. The van der Waals surface area contributed by atoms with Crippen LogP contribution in [0.3, 0.4) is 0 Å². The van der Waals surface area contributed by atoms with Crippen molar-refractivity contribution in [3.63, 3.8) is 0 Å². The minimum Gasteiger partial charge on any atom is -0.480 e. The maximum Gasteiger partial charge on any atom is 0.321 e. The number of fused-ring (bicyclic) bond motifs is 2. The van der Waals surface area contributed by atoms with Crippen molar-refractivity contribution in [1.82, 2.24) is 15.3 Å². The minimum atomic E-state index is -0.827. The third kappa shape index (κ3) is 9.56. The second-order valence-electron chi connectivity index (χ2n) is 11.6. The number of aromatic amines is 2. The molecule has 7 heteroatoms. The monoisotopic (exact) mass is 635 g/mol. The number of aldehydes is 1. The number of halogens is 1. The van der Waals surface area contributed by atoms with Crippen molar-refractivity contribution in [3.8, 4) is 0 Å². The maximum absolute atomic E-state index is 12.5. The number of nitrogens with one attached hydrogen (secondary N) is 3. The van der Waals surface area contributed by atoms with Gasteiger partial charge in [-0.2, -0.15) is 0 Å². The first-order valence-electron chi connectivity index (χ1n) is 15.8. The Kier molecular flexibility index (Phi) is 13.2. The number of carboxylic acids is 1. The number of H-pyrrole nitrogens is 2. The van der Waals surface area contributed by atoms with E-state index in [0.29, 0.717) is 12.8 Å². The fourth-order valence-electron chi connectivity index (χ4n) is 6.06. The molecule has 0 radical (unpaired) electrons. The number of carboxylic acid groups (broad SMARTS) is 1. The Hall–Kier alpha value is -2.90. The first-order valence-corrected chi connectivity index (χ1v) is 16.6. The summed E-state index contributed by atoms with van der Waals surface area (Å²) >= 11 is 3.61. The van der Waals surface area contributed by atoms with Gasteiger partial charge in [0.25, 0.3) is 0 Å². The van der Waals surface area contributed by atoms with Crippen molar-refractivity contribution >= 4 is 50.0 Å². The predicted molar refractivity (Wildman–Crippen MR) is 176 cm³/mol. The van der Waals surface area contributed by atoms with Crippen LogP contribution in [0.5, 0.6) is 0 Å². The van der Waals surface area contributed by atoms with E-state index in [0.717, 1.165) is 69.4 Å². The Labute approximate surface area is 258 Å². The number of aliphatic carboxylic acids is 1. The van der Waals surface area contributed by atoms with Crippen LogP contribution in [0.15, 0.2) is 59.3 Å². The topological polar surface area (TPSA) is 98.0 Å². The Bertz CT molecular complexity index is 1390. The third-order valence-electron chi connectivity index (χ3n) is 8.42. The molecule has 226 valence electrons. The number of para-hydroxylation sites is 1. The lowest BCUT2D eigenvalue weighted by Gasteiger charge is -2.24. The van der Waals surface area contributed by atoms with Gasteiger partial charge in [0.05, 0.1) is 0 Å². The average Bonchev–Trinajstić information content (AvgIpc) is 3.60. The third-order valence-corrected chi connectivity index (χ3v) is 8.91. The fourth-order valence-corrected chi connectivity index (χ4v) is 6.42. The zero-order valence-electron chi connectivity index (χ0n) is 24.7. The summed E-state index contributed by atoms with van der Waals surface area (Å²) in [7, 11) is 0. The second-order valence-corrected chi connectivity index (χ2v) is 12.5. The summed E-state index contributed by atoms with van der Waals surface area (Å²) in [4.78, 5) is 29.5. The molecule has 0 amide bonds. The molecule has 6 nitrogen and oxygen atoms in total. The van der Waals surface area contributed by atoms with E-state index in [-0.39, 0.29) is 6.04 Å². The van der Waals surface area contributed by atoms with Crippen molar-refractivity contribution in [2.24, 2.45) is 0 Å². The van der Waals surface area contributed by atoms with Crippen molar-refractivity contribution in [2.75, 3.05) is 0 Å². The molecule has 0 saturated heterocycles. The van der Waals surface area contributed by atoms with Gasteiger partial charge in [-0.1, -0.05) is 105 Å². The highest BCUT2D eigenvalue weighted by molar-refractivity contribution is 9.10. The van der Waals surface area contributed by atoms with Crippen LogP contribution in [-0.4, -0.2) is 33.4 Å². The van der Waals surface area contributed by atoms with Gasteiger partial charge in [-0.05, 0) is 48.2 Å². The summed E-state index contributed by atoms with van der Waals surface area (Å²) in [5.74, 6) is -0.827. The van der Waals surface area contributed by atoms with Crippen LogP contribution in [0.25, 0.3) is 21.8 Å². The molecule has 0 aliphatic rings. The van der Waals surface area contributed by atoms with Gasteiger partial charge >= 0.3 is 5.97 Å². The van der Waals surface area contributed by atoms with Gasteiger partial charge in [0.15, 0.2) is 0 Å². The molecule has 0 spiro atoms. The van der Waals surface area contributed by atoms with Crippen LogP contribution < -0.4 is 5.32 Å². The van der Waals surface area contributed by atoms with Crippen LogP contribution in [0.2, 0.25) is 0 Å². The molecule has 42 heavy (non-hydrogen) atoms. The van der Waals surface area contributed by atoms with Gasteiger partial charge in [0.2, 0.25) is 0 Å². The number of hydrogen-bond donors (Lipinski definition) is 4. The smallest absolute Gasteiger partial charge is 0.321 e. The van der Waals surface area contributed by atoms with E-state index >= 15 is 0 Å². The number of hydrogen-bond acceptors (Lipinski definition) is 3. The summed E-state index contributed by atoms with van der Waals surface area (Å²) < 4.78 is 1.01. The number of benzene rings is 2. The Morgan fingerprint density at radius 2 is 1.43 bits per heavy atom. The van der Waals surface area contributed by atoms with Crippen molar-refractivity contribution in [2.45, 2.75) is 108 Å². The fraction of sp³-hybridized carbons (Fsp3) is 0.486. The van der Waals surface area contributed by atoms with Gasteiger partial charge in [0, 0.05) is 57.6 Å². The Morgan fingerprint density at radius 3 is 2.12 bits per heavy atom. The summed E-state index contributed by atoms with van der Waals surface area (Å²) in [5, 5.41) is 16.0. The molecule has 4 N–H and O–H groups in total. The number of unbranched alkanes of at least 4 members (excludes halogenated alkanes) is 12. The van der Waals surface area contributed by atoms with Crippen LogP contribution in [0, 0.1) is 0 Å². The molecule has 0 aliphatic carbocycles. The molecule has 0 aliphatic heterocycles.